The van der Waals surface area contributed by atoms with Crippen molar-refractivity contribution in [1.29, 1.82) is 0 Å². The predicted octanol–water partition coefficient (Wildman–Crippen LogP) is 1.55. The first-order chi connectivity index (χ1) is 7.96. The maximum Gasteiger partial charge on any atom is 0.253 e. The minimum absolute atomic E-state index is 0.155. The molecule has 2 heterocycles. The lowest BCUT2D eigenvalue weighted by Gasteiger charge is -2.20. The monoisotopic (exact) mass is 230 g/mol. The number of nitrogens with one attached hydrogen (secondary N) is 1. The van der Waals surface area contributed by atoms with Gasteiger partial charge in [0.05, 0.1) is 5.56 Å². The zero-order chi connectivity index (χ0) is 12.5. The van der Waals surface area contributed by atoms with E-state index in [1.807, 2.05) is 20.8 Å². The quantitative estimate of drug-likeness (QED) is 0.807. The van der Waals surface area contributed by atoms with Crippen LogP contribution in [0.25, 0.3) is 11.2 Å². The Balaban J connectivity index is 2.33. The Morgan fingerprint density at radius 3 is 2.59 bits per heavy atom. The first-order valence-corrected chi connectivity index (χ1v) is 5.35. The molecule has 1 amide bonds. The first kappa shape index (κ1) is 11.4. The van der Waals surface area contributed by atoms with Gasteiger partial charge in [0.2, 0.25) is 0 Å². The van der Waals surface area contributed by atoms with E-state index in [4.69, 9.17) is 0 Å². The van der Waals surface area contributed by atoms with Gasteiger partial charge in [-0.1, -0.05) is 0 Å². The average molecular weight is 230 g/mol. The summed E-state index contributed by atoms with van der Waals surface area (Å²) >= 11 is 0. The lowest BCUT2D eigenvalue weighted by Crippen LogP contribution is -2.40. The molecule has 0 saturated heterocycles. The van der Waals surface area contributed by atoms with E-state index in [1.165, 1.54) is 6.20 Å². The highest BCUT2D eigenvalue weighted by Crippen LogP contribution is 2.09. The number of nitrogens with zero attached hydrogens (tertiary/aromatic N) is 3. The van der Waals surface area contributed by atoms with Crippen molar-refractivity contribution >= 4 is 17.1 Å². The van der Waals surface area contributed by atoms with Crippen LogP contribution in [-0.4, -0.2) is 26.4 Å². The van der Waals surface area contributed by atoms with Crippen molar-refractivity contribution in [3.05, 3.63) is 30.2 Å². The van der Waals surface area contributed by atoms with Gasteiger partial charge in [0.25, 0.3) is 5.91 Å². The Bertz CT molecular complexity index is 560. The fraction of sp³-hybridized carbons (Fsp3) is 0.333. The molecule has 0 saturated carbocycles. The number of rotatable bonds is 1. The molecular formula is C12H14N4O. The lowest BCUT2D eigenvalue weighted by atomic mass is 10.1. The van der Waals surface area contributed by atoms with Gasteiger partial charge >= 0.3 is 0 Å². The highest BCUT2D eigenvalue weighted by atomic mass is 16.1. The molecule has 0 bridgehead atoms. The Morgan fingerprint density at radius 2 is 1.88 bits per heavy atom. The van der Waals surface area contributed by atoms with Crippen molar-refractivity contribution in [3.63, 3.8) is 0 Å². The van der Waals surface area contributed by atoms with Crippen LogP contribution in [0.2, 0.25) is 0 Å². The predicted molar refractivity (Wildman–Crippen MR) is 64.6 cm³/mol. The standard InChI is InChI=1S/C12H14N4O/c1-12(2,3)16-11(17)8-6-9-10(15-7-8)14-5-4-13-9/h4-7H,1-3H3,(H,16,17). The number of carbonyl (C=O) groups is 1. The van der Waals surface area contributed by atoms with Crippen LogP contribution in [0, 0.1) is 0 Å². The van der Waals surface area contributed by atoms with Gasteiger partial charge in [-0.15, -0.1) is 0 Å². The van der Waals surface area contributed by atoms with Crippen molar-refractivity contribution in [1.82, 2.24) is 20.3 Å². The molecule has 0 radical (unpaired) electrons. The molecule has 0 spiro atoms. The molecule has 0 unspecified atom stereocenters. The molecule has 0 aliphatic carbocycles. The van der Waals surface area contributed by atoms with Crippen LogP contribution in [0.1, 0.15) is 31.1 Å². The molecule has 0 aliphatic heterocycles. The SMILES string of the molecule is CC(C)(C)NC(=O)c1cnc2nccnc2c1. The molecule has 0 fully saturated rings. The van der Waals surface area contributed by atoms with Gasteiger partial charge in [0.15, 0.2) is 5.65 Å². The molecule has 5 nitrogen and oxygen atoms in total. The average Bonchev–Trinajstić information content (AvgIpc) is 2.26. The first-order valence-electron chi connectivity index (χ1n) is 5.35. The second kappa shape index (κ2) is 4.08. The third-order valence-corrected chi connectivity index (χ3v) is 2.08. The van der Waals surface area contributed by atoms with Gasteiger partial charge in [-0.05, 0) is 26.8 Å². The number of fused-ring (bicyclic) bond motifs is 1. The maximum absolute atomic E-state index is 11.9. The Kier molecular flexibility index (Phi) is 2.75. The van der Waals surface area contributed by atoms with Crippen LogP contribution in [0.3, 0.4) is 0 Å². The summed E-state index contributed by atoms with van der Waals surface area (Å²) in [5.74, 6) is -0.155. The molecule has 17 heavy (non-hydrogen) atoms. The third kappa shape index (κ3) is 2.75. The fourth-order valence-electron chi connectivity index (χ4n) is 1.39. The number of hydrogen-bond donors (Lipinski definition) is 1. The van der Waals surface area contributed by atoms with E-state index in [2.05, 4.69) is 20.3 Å². The lowest BCUT2D eigenvalue weighted by molar-refractivity contribution is 0.0919. The third-order valence-electron chi connectivity index (χ3n) is 2.08. The summed E-state index contributed by atoms with van der Waals surface area (Å²) < 4.78 is 0. The summed E-state index contributed by atoms with van der Waals surface area (Å²) in [6, 6.07) is 1.69. The number of carbonyl (C=O) groups excluding carboxylic acids is 1. The van der Waals surface area contributed by atoms with E-state index in [0.29, 0.717) is 16.7 Å². The van der Waals surface area contributed by atoms with E-state index >= 15 is 0 Å². The van der Waals surface area contributed by atoms with Gasteiger partial charge in [-0.2, -0.15) is 0 Å². The molecule has 1 N–H and O–H groups in total. The van der Waals surface area contributed by atoms with Crippen molar-refractivity contribution in [3.8, 4) is 0 Å². The summed E-state index contributed by atoms with van der Waals surface area (Å²) in [6.07, 6.45) is 4.66. The zero-order valence-electron chi connectivity index (χ0n) is 10.1. The van der Waals surface area contributed by atoms with Crippen LogP contribution in [0.15, 0.2) is 24.7 Å². The summed E-state index contributed by atoms with van der Waals surface area (Å²) in [5.41, 5.74) is 1.39. The summed E-state index contributed by atoms with van der Waals surface area (Å²) in [7, 11) is 0. The van der Waals surface area contributed by atoms with Gasteiger partial charge in [-0.3, -0.25) is 9.78 Å². The maximum atomic E-state index is 11.9. The molecule has 88 valence electrons. The fourth-order valence-corrected chi connectivity index (χ4v) is 1.39. The molecule has 0 aromatic carbocycles. The van der Waals surface area contributed by atoms with Crippen LogP contribution in [0.4, 0.5) is 0 Å². The van der Waals surface area contributed by atoms with E-state index in [0.717, 1.165) is 0 Å². The second-order valence-electron chi connectivity index (χ2n) is 4.83. The van der Waals surface area contributed by atoms with E-state index in [1.54, 1.807) is 18.5 Å². The molecule has 2 rings (SSSR count). The van der Waals surface area contributed by atoms with Crippen LogP contribution in [-0.2, 0) is 0 Å². The highest BCUT2D eigenvalue weighted by Gasteiger charge is 2.15. The summed E-state index contributed by atoms with van der Waals surface area (Å²) in [6.45, 7) is 5.79. The molecular weight excluding hydrogens is 216 g/mol. The Morgan fingerprint density at radius 1 is 1.18 bits per heavy atom. The molecule has 2 aromatic rings. The van der Waals surface area contributed by atoms with Gasteiger partial charge in [0, 0.05) is 24.1 Å². The van der Waals surface area contributed by atoms with Gasteiger partial charge in [0.1, 0.15) is 5.52 Å². The summed E-state index contributed by atoms with van der Waals surface area (Å²) in [5, 5.41) is 2.87. The van der Waals surface area contributed by atoms with Crippen LogP contribution in [0.5, 0.6) is 0 Å². The van der Waals surface area contributed by atoms with Crippen molar-refractivity contribution in [2.24, 2.45) is 0 Å². The van der Waals surface area contributed by atoms with E-state index < -0.39 is 0 Å². The van der Waals surface area contributed by atoms with Crippen LogP contribution < -0.4 is 5.32 Å². The molecule has 0 aliphatic rings. The topological polar surface area (TPSA) is 67.8 Å². The van der Waals surface area contributed by atoms with Crippen molar-refractivity contribution < 1.29 is 4.79 Å². The molecule has 2 aromatic heterocycles. The van der Waals surface area contributed by atoms with Gasteiger partial charge < -0.3 is 5.32 Å². The van der Waals surface area contributed by atoms with Crippen LogP contribution >= 0.6 is 0 Å². The Hall–Kier alpha value is -2.04. The minimum Gasteiger partial charge on any atom is -0.347 e. The second-order valence-corrected chi connectivity index (χ2v) is 4.83. The van der Waals surface area contributed by atoms with E-state index in [-0.39, 0.29) is 11.4 Å². The zero-order valence-corrected chi connectivity index (χ0v) is 10.1. The normalized spacial score (nSPS) is 11.5. The largest absolute Gasteiger partial charge is 0.347 e. The number of aromatic nitrogens is 3. The smallest absolute Gasteiger partial charge is 0.253 e. The van der Waals surface area contributed by atoms with E-state index in [9.17, 15) is 4.79 Å². The number of amides is 1. The molecule has 5 heteroatoms. The number of hydrogen-bond acceptors (Lipinski definition) is 4. The Labute approximate surface area is 99.3 Å². The van der Waals surface area contributed by atoms with Gasteiger partial charge in [-0.25, -0.2) is 9.97 Å². The van der Waals surface area contributed by atoms with Crippen molar-refractivity contribution in [2.45, 2.75) is 26.3 Å². The molecule has 0 atom stereocenters. The van der Waals surface area contributed by atoms with Crippen molar-refractivity contribution in [2.75, 3.05) is 0 Å². The number of pyridine rings is 1. The highest BCUT2D eigenvalue weighted by molar-refractivity contribution is 5.96. The minimum atomic E-state index is -0.269. The summed E-state index contributed by atoms with van der Waals surface area (Å²) in [4.78, 5) is 24.2.